The van der Waals surface area contributed by atoms with Gasteiger partial charge in [0.25, 0.3) is 6.43 Å². The van der Waals surface area contributed by atoms with Crippen LogP contribution < -0.4 is 5.73 Å². The number of carbonyl (C=O) groups excluding carboxylic acids is 1. The number of rotatable bonds is 5. The molecule has 0 saturated carbocycles. The summed E-state index contributed by atoms with van der Waals surface area (Å²) in [4.78, 5) is 15.1. The molecule has 0 aliphatic carbocycles. The summed E-state index contributed by atoms with van der Waals surface area (Å²) in [6.07, 6.45) is -2.90. The first-order valence-electron chi connectivity index (χ1n) is 5.31. The number of nitrogens with zero attached hydrogens (tertiary/aromatic N) is 1. The number of hydrogen-bond acceptors (Lipinski definition) is 4. The molecule has 7 heteroatoms. The van der Waals surface area contributed by atoms with Crippen LogP contribution in [-0.4, -0.2) is 17.6 Å². The first-order valence-corrected chi connectivity index (χ1v) is 5.69. The van der Waals surface area contributed by atoms with E-state index in [1.807, 2.05) is 0 Å². The van der Waals surface area contributed by atoms with Crippen molar-refractivity contribution in [3.63, 3.8) is 0 Å². The van der Waals surface area contributed by atoms with Crippen LogP contribution in [0.1, 0.15) is 30.2 Å². The lowest BCUT2D eigenvalue weighted by Gasteiger charge is -2.10. The topological polar surface area (TPSA) is 65.2 Å². The van der Waals surface area contributed by atoms with E-state index in [2.05, 4.69) is 4.98 Å². The van der Waals surface area contributed by atoms with Gasteiger partial charge in [0.05, 0.1) is 24.3 Å². The number of nitrogens with two attached hydrogens (primary N) is 1. The summed E-state index contributed by atoms with van der Waals surface area (Å²) in [6.45, 7) is 1.89. The summed E-state index contributed by atoms with van der Waals surface area (Å²) in [6, 6.07) is 1.15. The molecule has 2 N–H and O–H groups in total. The highest BCUT2D eigenvalue weighted by atomic mass is 35.5. The van der Waals surface area contributed by atoms with Crippen LogP contribution in [0, 0.1) is 0 Å². The fraction of sp³-hybridized carbons (Fsp3) is 0.455. The zero-order valence-corrected chi connectivity index (χ0v) is 10.5. The third-order valence-corrected chi connectivity index (χ3v) is 2.54. The van der Waals surface area contributed by atoms with Gasteiger partial charge in [0.1, 0.15) is 5.15 Å². The van der Waals surface area contributed by atoms with E-state index in [4.69, 9.17) is 22.1 Å². The second-order valence-corrected chi connectivity index (χ2v) is 3.82. The third kappa shape index (κ3) is 3.61. The zero-order chi connectivity index (χ0) is 13.7. The number of halogens is 3. The smallest absolute Gasteiger partial charge is 0.310 e. The Hall–Kier alpha value is -1.27. The number of aromatic nitrogens is 1. The Labute approximate surface area is 108 Å². The maximum absolute atomic E-state index is 12.7. The molecular weight excluding hydrogens is 266 g/mol. The van der Waals surface area contributed by atoms with Gasteiger partial charge in [0, 0.05) is 6.54 Å². The Morgan fingerprint density at radius 3 is 2.78 bits per heavy atom. The zero-order valence-electron chi connectivity index (χ0n) is 9.75. The molecule has 0 unspecified atom stereocenters. The number of carbonyl (C=O) groups is 1. The summed E-state index contributed by atoms with van der Waals surface area (Å²) in [5.74, 6) is -0.517. The lowest BCUT2D eigenvalue weighted by atomic mass is 10.1. The summed E-state index contributed by atoms with van der Waals surface area (Å²) >= 11 is 5.61. The fourth-order valence-electron chi connectivity index (χ4n) is 1.44. The summed E-state index contributed by atoms with van der Waals surface area (Å²) in [7, 11) is 0. The Bertz CT molecular complexity index is 441. The van der Waals surface area contributed by atoms with Gasteiger partial charge in [-0.05, 0) is 18.6 Å². The van der Waals surface area contributed by atoms with E-state index in [0.717, 1.165) is 6.07 Å². The number of hydrogen-bond donors (Lipinski definition) is 1. The average Bonchev–Trinajstić information content (AvgIpc) is 2.30. The molecule has 4 nitrogen and oxygen atoms in total. The van der Waals surface area contributed by atoms with E-state index in [-0.39, 0.29) is 24.7 Å². The minimum atomic E-state index is -2.75. The van der Waals surface area contributed by atoms with Crippen molar-refractivity contribution in [3.05, 3.63) is 28.0 Å². The molecule has 0 aliphatic rings. The van der Waals surface area contributed by atoms with Crippen LogP contribution in [-0.2, 0) is 22.5 Å². The molecule has 1 aromatic heterocycles. The van der Waals surface area contributed by atoms with E-state index in [0.29, 0.717) is 11.3 Å². The minimum Gasteiger partial charge on any atom is -0.466 e. The molecule has 0 fully saturated rings. The molecule has 0 radical (unpaired) electrons. The third-order valence-electron chi connectivity index (χ3n) is 2.24. The predicted molar refractivity (Wildman–Crippen MR) is 62.4 cm³/mol. The Morgan fingerprint density at radius 2 is 2.28 bits per heavy atom. The molecule has 100 valence electrons. The number of alkyl halides is 2. The Morgan fingerprint density at radius 1 is 1.61 bits per heavy atom. The maximum Gasteiger partial charge on any atom is 0.310 e. The first kappa shape index (κ1) is 14.8. The van der Waals surface area contributed by atoms with Crippen LogP contribution in [0.15, 0.2) is 6.07 Å². The molecule has 0 bridgehead atoms. The van der Waals surface area contributed by atoms with Crippen molar-refractivity contribution < 1.29 is 18.3 Å². The summed E-state index contributed by atoms with van der Waals surface area (Å²) in [5.41, 5.74) is 5.66. The van der Waals surface area contributed by atoms with Crippen molar-refractivity contribution in [1.29, 1.82) is 0 Å². The highest BCUT2D eigenvalue weighted by molar-refractivity contribution is 6.30. The van der Waals surface area contributed by atoms with Crippen LogP contribution in [0.2, 0.25) is 5.15 Å². The van der Waals surface area contributed by atoms with Gasteiger partial charge < -0.3 is 10.5 Å². The molecular formula is C11H13ClF2N2O2. The van der Waals surface area contributed by atoms with Crippen molar-refractivity contribution in [2.24, 2.45) is 5.73 Å². The fourth-order valence-corrected chi connectivity index (χ4v) is 1.67. The molecule has 1 aromatic rings. The van der Waals surface area contributed by atoms with Gasteiger partial charge >= 0.3 is 5.97 Å². The number of esters is 1. The molecule has 0 saturated heterocycles. The second kappa shape index (κ2) is 6.61. The molecule has 18 heavy (non-hydrogen) atoms. The molecule has 0 spiro atoms. The average molecular weight is 279 g/mol. The molecule has 0 aliphatic heterocycles. The Balaban J connectivity index is 3.08. The SMILES string of the molecule is CCOC(=O)Cc1cc(C(F)F)c(Cl)nc1CN. The molecule has 0 amide bonds. The van der Waals surface area contributed by atoms with Crippen molar-refractivity contribution in [3.8, 4) is 0 Å². The van der Waals surface area contributed by atoms with Gasteiger partial charge in [0.15, 0.2) is 0 Å². The molecule has 0 atom stereocenters. The van der Waals surface area contributed by atoms with Crippen LogP contribution in [0.4, 0.5) is 8.78 Å². The highest BCUT2D eigenvalue weighted by Crippen LogP contribution is 2.27. The van der Waals surface area contributed by atoms with Gasteiger partial charge in [-0.25, -0.2) is 13.8 Å². The van der Waals surface area contributed by atoms with E-state index in [1.165, 1.54) is 0 Å². The standard InChI is InChI=1S/C11H13ClF2N2O2/c1-2-18-9(17)4-6-3-7(11(13)14)10(12)16-8(6)5-15/h3,11H,2,4-5,15H2,1H3. The van der Waals surface area contributed by atoms with E-state index >= 15 is 0 Å². The minimum absolute atomic E-state index is 0.0119. The van der Waals surface area contributed by atoms with Gasteiger partial charge in [-0.2, -0.15) is 0 Å². The van der Waals surface area contributed by atoms with E-state index in [1.54, 1.807) is 6.92 Å². The number of ether oxygens (including phenoxy) is 1. The second-order valence-electron chi connectivity index (χ2n) is 3.46. The van der Waals surface area contributed by atoms with Crippen molar-refractivity contribution in [1.82, 2.24) is 4.98 Å². The van der Waals surface area contributed by atoms with E-state index in [9.17, 15) is 13.6 Å². The molecule has 1 heterocycles. The van der Waals surface area contributed by atoms with Crippen LogP contribution in [0.3, 0.4) is 0 Å². The van der Waals surface area contributed by atoms with Crippen LogP contribution >= 0.6 is 11.6 Å². The van der Waals surface area contributed by atoms with Gasteiger partial charge in [0.2, 0.25) is 0 Å². The predicted octanol–water partition coefficient (Wildman–Crippen LogP) is 2.24. The van der Waals surface area contributed by atoms with Crippen LogP contribution in [0.5, 0.6) is 0 Å². The highest BCUT2D eigenvalue weighted by Gasteiger charge is 2.18. The van der Waals surface area contributed by atoms with E-state index < -0.39 is 18.0 Å². The Kier molecular flexibility index (Phi) is 5.43. The lowest BCUT2D eigenvalue weighted by Crippen LogP contribution is -2.13. The van der Waals surface area contributed by atoms with Gasteiger partial charge in [-0.15, -0.1) is 0 Å². The van der Waals surface area contributed by atoms with Crippen molar-refractivity contribution >= 4 is 17.6 Å². The van der Waals surface area contributed by atoms with Crippen molar-refractivity contribution in [2.75, 3.05) is 6.61 Å². The molecule has 1 rings (SSSR count). The lowest BCUT2D eigenvalue weighted by molar-refractivity contribution is -0.142. The first-order chi connectivity index (χ1) is 8.49. The largest absolute Gasteiger partial charge is 0.466 e. The maximum atomic E-state index is 12.7. The van der Waals surface area contributed by atoms with Gasteiger partial charge in [-0.3, -0.25) is 4.79 Å². The quantitative estimate of drug-likeness (QED) is 0.663. The normalized spacial score (nSPS) is 10.8. The monoisotopic (exact) mass is 278 g/mol. The van der Waals surface area contributed by atoms with Gasteiger partial charge in [-0.1, -0.05) is 11.6 Å². The van der Waals surface area contributed by atoms with Crippen molar-refractivity contribution in [2.45, 2.75) is 26.3 Å². The summed E-state index contributed by atoms with van der Waals surface area (Å²) < 4.78 is 30.1. The van der Waals surface area contributed by atoms with Crippen LogP contribution in [0.25, 0.3) is 0 Å². The molecule has 0 aromatic carbocycles. The number of pyridine rings is 1. The summed E-state index contributed by atoms with van der Waals surface area (Å²) in [5, 5.41) is -0.293.